The van der Waals surface area contributed by atoms with Crippen molar-refractivity contribution in [2.45, 2.75) is 19.6 Å². The van der Waals surface area contributed by atoms with Crippen LogP contribution in [0, 0.1) is 0 Å². The monoisotopic (exact) mass is 700 g/mol. The predicted molar refractivity (Wildman–Crippen MR) is 188 cm³/mol. The fourth-order valence-electron chi connectivity index (χ4n) is 5.39. The van der Waals surface area contributed by atoms with Gasteiger partial charge in [0.05, 0.1) is 47.7 Å². The summed E-state index contributed by atoms with van der Waals surface area (Å²) in [7, 11) is 3.10. The molecule has 48 heavy (non-hydrogen) atoms. The molecule has 11 heteroatoms. The quantitative estimate of drug-likeness (QED) is 0.148. The second-order valence-electron chi connectivity index (χ2n) is 10.7. The third kappa shape index (κ3) is 6.75. The summed E-state index contributed by atoms with van der Waals surface area (Å²) >= 11 is 13.9. The van der Waals surface area contributed by atoms with E-state index in [0.29, 0.717) is 53.5 Å². The lowest BCUT2D eigenvalue weighted by Gasteiger charge is -2.26. The molecule has 1 aromatic heterocycles. The highest BCUT2D eigenvalue weighted by Crippen LogP contribution is 2.38. The zero-order chi connectivity index (χ0) is 33.8. The molecule has 4 aromatic carbocycles. The SMILES string of the molecule is CCOC(=O)C1=C(c2ccccc2)N=c2s/c(=C\c3cc(Cl)c(OCc4ccc(Cl)cc4)c(OC)c3)c(=O)n2[C@@H]1c1ccc(OC)cc1. The van der Waals surface area contributed by atoms with Gasteiger partial charge in [0, 0.05) is 10.6 Å². The van der Waals surface area contributed by atoms with Crippen LogP contribution in [0.3, 0.4) is 0 Å². The molecule has 8 nitrogen and oxygen atoms in total. The van der Waals surface area contributed by atoms with E-state index in [0.717, 1.165) is 11.1 Å². The molecule has 0 saturated heterocycles. The van der Waals surface area contributed by atoms with Crippen LogP contribution in [0.15, 0.2) is 106 Å². The van der Waals surface area contributed by atoms with Crippen LogP contribution in [0.2, 0.25) is 10.0 Å². The van der Waals surface area contributed by atoms with Gasteiger partial charge in [-0.2, -0.15) is 0 Å². The van der Waals surface area contributed by atoms with Gasteiger partial charge in [-0.25, -0.2) is 9.79 Å². The number of aromatic nitrogens is 1. The van der Waals surface area contributed by atoms with Crippen LogP contribution in [-0.2, 0) is 16.1 Å². The van der Waals surface area contributed by atoms with Crippen LogP contribution < -0.4 is 29.1 Å². The van der Waals surface area contributed by atoms with E-state index in [1.807, 2.05) is 54.6 Å². The number of thiazole rings is 1. The number of hydrogen-bond acceptors (Lipinski definition) is 8. The van der Waals surface area contributed by atoms with E-state index in [-0.39, 0.29) is 24.3 Å². The summed E-state index contributed by atoms with van der Waals surface area (Å²) in [6, 6.07) is 26.6. The highest BCUT2D eigenvalue weighted by molar-refractivity contribution is 7.07. The van der Waals surface area contributed by atoms with Crippen molar-refractivity contribution in [1.82, 2.24) is 4.57 Å². The third-order valence-electron chi connectivity index (χ3n) is 7.65. The number of fused-ring (bicyclic) bond motifs is 1. The van der Waals surface area contributed by atoms with Crippen LogP contribution in [0.4, 0.5) is 0 Å². The summed E-state index contributed by atoms with van der Waals surface area (Å²) in [6.07, 6.45) is 1.72. The first kappa shape index (κ1) is 33.1. The lowest BCUT2D eigenvalue weighted by atomic mass is 9.93. The molecule has 0 N–H and O–H groups in total. The van der Waals surface area contributed by atoms with Crippen LogP contribution >= 0.6 is 34.5 Å². The summed E-state index contributed by atoms with van der Waals surface area (Å²) in [6.45, 7) is 2.15. The summed E-state index contributed by atoms with van der Waals surface area (Å²) in [4.78, 5) is 33.3. The molecule has 0 unspecified atom stereocenters. The second kappa shape index (κ2) is 14.5. The largest absolute Gasteiger partial charge is 0.497 e. The number of nitrogens with zero attached hydrogens (tertiary/aromatic N) is 2. The van der Waals surface area contributed by atoms with Gasteiger partial charge in [0.1, 0.15) is 12.4 Å². The molecule has 244 valence electrons. The molecule has 2 heterocycles. The minimum Gasteiger partial charge on any atom is -0.497 e. The topological polar surface area (TPSA) is 88.4 Å². The Morgan fingerprint density at radius 3 is 2.35 bits per heavy atom. The minimum absolute atomic E-state index is 0.159. The van der Waals surface area contributed by atoms with Crippen molar-refractivity contribution in [1.29, 1.82) is 0 Å². The molecule has 0 bridgehead atoms. The summed E-state index contributed by atoms with van der Waals surface area (Å²) in [5, 5.41) is 0.946. The van der Waals surface area contributed by atoms with Gasteiger partial charge in [-0.1, -0.05) is 89.1 Å². The van der Waals surface area contributed by atoms with E-state index < -0.39 is 12.0 Å². The number of esters is 1. The van der Waals surface area contributed by atoms with E-state index in [9.17, 15) is 9.59 Å². The molecule has 0 radical (unpaired) electrons. The average molecular weight is 702 g/mol. The summed E-state index contributed by atoms with van der Waals surface area (Å²) in [5.41, 5.74) is 3.32. The van der Waals surface area contributed by atoms with E-state index in [1.54, 1.807) is 61.1 Å². The molecule has 0 fully saturated rings. The highest BCUT2D eigenvalue weighted by atomic mass is 35.5. The fraction of sp³-hybridized carbons (Fsp3) is 0.162. The maximum atomic E-state index is 14.3. The molecule has 6 rings (SSSR count). The number of hydrogen-bond donors (Lipinski definition) is 0. The lowest BCUT2D eigenvalue weighted by Crippen LogP contribution is -2.40. The van der Waals surface area contributed by atoms with Crippen LogP contribution in [0.1, 0.15) is 35.2 Å². The standard InChI is InChI=1S/C37H30Cl2N2O6S/c1-4-46-36(43)31-32(24-8-6-5-7-9-24)40-37-41(33(31)25-12-16-27(44-2)17-13-25)35(42)30(48-37)20-23-18-28(39)34(29(19-23)45-3)47-21-22-10-14-26(38)15-11-22/h5-20,33H,4,21H2,1-3H3/b30-20-/t33-/m1/s1. The zero-order valence-electron chi connectivity index (χ0n) is 26.2. The maximum Gasteiger partial charge on any atom is 0.338 e. The average Bonchev–Trinajstić information content (AvgIpc) is 3.41. The van der Waals surface area contributed by atoms with Crippen molar-refractivity contribution in [3.8, 4) is 17.2 Å². The van der Waals surface area contributed by atoms with E-state index in [2.05, 4.69) is 0 Å². The molecule has 0 amide bonds. The van der Waals surface area contributed by atoms with Crippen LogP contribution in [-0.4, -0.2) is 31.4 Å². The Morgan fingerprint density at radius 1 is 0.958 bits per heavy atom. The Kier molecular flexibility index (Phi) is 10.0. The Labute approximate surface area is 290 Å². The minimum atomic E-state index is -0.815. The molecule has 0 spiro atoms. The van der Waals surface area contributed by atoms with E-state index in [1.165, 1.54) is 18.4 Å². The highest BCUT2D eigenvalue weighted by Gasteiger charge is 2.35. The number of halogens is 2. The van der Waals surface area contributed by atoms with Crippen molar-refractivity contribution in [3.63, 3.8) is 0 Å². The first-order valence-electron chi connectivity index (χ1n) is 15.0. The number of ether oxygens (including phenoxy) is 4. The molecule has 0 aliphatic carbocycles. The molecular weight excluding hydrogens is 671 g/mol. The van der Waals surface area contributed by atoms with E-state index in [4.69, 9.17) is 47.1 Å². The number of rotatable bonds is 10. The fourth-order valence-corrected chi connectivity index (χ4v) is 6.79. The van der Waals surface area contributed by atoms with Crippen LogP contribution in [0.5, 0.6) is 17.2 Å². The van der Waals surface area contributed by atoms with Gasteiger partial charge in [0.15, 0.2) is 16.3 Å². The van der Waals surface area contributed by atoms with Gasteiger partial charge < -0.3 is 18.9 Å². The van der Waals surface area contributed by atoms with Gasteiger partial charge in [0.25, 0.3) is 5.56 Å². The number of carbonyl (C=O) groups excluding carboxylic acids is 1. The first-order valence-corrected chi connectivity index (χ1v) is 16.6. The normalized spacial score (nSPS) is 14.3. The Hall–Kier alpha value is -4.83. The predicted octanol–water partition coefficient (Wildman–Crippen LogP) is 6.84. The van der Waals surface area contributed by atoms with Crippen molar-refractivity contribution in [2.24, 2.45) is 4.99 Å². The Bertz CT molecular complexity index is 2180. The van der Waals surface area contributed by atoms with Gasteiger partial charge in [0.2, 0.25) is 0 Å². The van der Waals surface area contributed by atoms with Gasteiger partial charge in [-0.05, 0) is 66.1 Å². The van der Waals surface area contributed by atoms with Gasteiger partial charge in [-0.15, -0.1) is 0 Å². The first-order chi connectivity index (χ1) is 23.3. The molecule has 1 atom stereocenters. The third-order valence-corrected chi connectivity index (χ3v) is 9.17. The Morgan fingerprint density at radius 2 is 1.69 bits per heavy atom. The number of methoxy groups -OCH3 is 2. The maximum absolute atomic E-state index is 14.3. The van der Waals surface area contributed by atoms with Crippen LogP contribution in [0.25, 0.3) is 11.8 Å². The molecular formula is C37H30Cl2N2O6S. The molecule has 1 aliphatic rings. The van der Waals surface area contributed by atoms with Gasteiger partial charge >= 0.3 is 5.97 Å². The smallest absolute Gasteiger partial charge is 0.338 e. The number of carbonyl (C=O) groups is 1. The summed E-state index contributed by atoms with van der Waals surface area (Å²) in [5.74, 6) is 0.866. The van der Waals surface area contributed by atoms with E-state index >= 15 is 0 Å². The van der Waals surface area contributed by atoms with Crippen molar-refractivity contribution in [3.05, 3.63) is 149 Å². The summed E-state index contributed by atoms with van der Waals surface area (Å²) < 4.78 is 24.5. The van der Waals surface area contributed by atoms with Gasteiger partial charge in [-0.3, -0.25) is 9.36 Å². The Balaban J connectivity index is 1.49. The molecule has 1 aliphatic heterocycles. The van der Waals surface area contributed by atoms with Crippen molar-refractivity contribution >= 4 is 52.3 Å². The molecule has 5 aromatic rings. The lowest BCUT2D eigenvalue weighted by molar-refractivity contribution is -0.138. The zero-order valence-corrected chi connectivity index (χ0v) is 28.6. The van der Waals surface area contributed by atoms with Crippen molar-refractivity contribution in [2.75, 3.05) is 20.8 Å². The second-order valence-corrected chi connectivity index (χ2v) is 12.5. The molecule has 0 saturated carbocycles. The van der Waals surface area contributed by atoms with Crippen molar-refractivity contribution < 1.29 is 23.7 Å². The number of benzene rings is 4.